The standard InChI is InChI=1S/C12H11N3O2/c13-10-5-3-9(4-6-10)12(16)15-14-8-11-2-1-7-17-11/h1-8H,13H2,(H,15,16)/b14-8+. The normalized spacial score (nSPS) is 10.6. The number of hydrogen-bond acceptors (Lipinski definition) is 4. The number of nitrogens with zero attached hydrogens (tertiary/aromatic N) is 1. The lowest BCUT2D eigenvalue weighted by atomic mass is 10.2. The molecule has 0 saturated heterocycles. The smallest absolute Gasteiger partial charge is 0.271 e. The zero-order valence-electron chi connectivity index (χ0n) is 8.96. The Labute approximate surface area is 97.9 Å². The van der Waals surface area contributed by atoms with Crippen molar-refractivity contribution in [1.82, 2.24) is 5.43 Å². The van der Waals surface area contributed by atoms with Gasteiger partial charge in [-0.25, -0.2) is 5.43 Å². The molecule has 0 aliphatic rings. The molecule has 0 unspecified atom stereocenters. The summed E-state index contributed by atoms with van der Waals surface area (Å²) in [5.41, 5.74) is 9.01. The van der Waals surface area contributed by atoms with Crippen molar-refractivity contribution < 1.29 is 9.21 Å². The average Bonchev–Trinajstić information content (AvgIpc) is 2.83. The minimum absolute atomic E-state index is 0.298. The molecule has 1 aromatic carbocycles. The molecular weight excluding hydrogens is 218 g/mol. The quantitative estimate of drug-likeness (QED) is 0.476. The van der Waals surface area contributed by atoms with E-state index in [1.807, 2.05) is 0 Å². The average molecular weight is 229 g/mol. The lowest BCUT2D eigenvalue weighted by Crippen LogP contribution is -2.17. The number of anilines is 1. The van der Waals surface area contributed by atoms with Crippen LogP contribution < -0.4 is 11.2 Å². The Bertz CT molecular complexity index is 515. The molecule has 1 aromatic heterocycles. The molecule has 0 aliphatic heterocycles. The van der Waals surface area contributed by atoms with Crippen LogP contribution in [0.15, 0.2) is 52.2 Å². The van der Waals surface area contributed by atoms with E-state index in [0.717, 1.165) is 0 Å². The second kappa shape index (κ2) is 4.98. The number of amides is 1. The number of nitrogen functional groups attached to an aromatic ring is 1. The summed E-state index contributed by atoms with van der Waals surface area (Å²) >= 11 is 0. The summed E-state index contributed by atoms with van der Waals surface area (Å²) in [5, 5.41) is 3.76. The summed E-state index contributed by atoms with van der Waals surface area (Å²) in [4.78, 5) is 11.6. The van der Waals surface area contributed by atoms with E-state index in [4.69, 9.17) is 10.2 Å². The Morgan fingerprint density at radius 1 is 1.29 bits per heavy atom. The van der Waals surface area contributed by atoms with Gasteiger partial charge in [-0.15, -0.1) is 0 Å². The predicted molar refractivity (Wildman–Crippen MR) is 64.6 cm³/mol. The van der Waals surface area contributed by atoms with E-state index >= 15 is 0 Å². The maximum Gasteiger partial charge on any atom is 0.271 e. The second-order valence-electron chi connectivity index (χ2n) is 3.34. The highest BCUT2D eigenvalue weighted by molar-refractivity contribution is 5.94. The molecule has 86 valence electrons. The van der Waals surface area contributed by atoms with Gasteiger partial charge in [0.1, 0.15) is 5.76 Å². The van der Waals surface area contributed by atoms with Gasteiger partial charge in [-0.2, -0.15) is 5.10 Å². The van der Waals surface area contributed by atoms with Gasteiger partial charge in [-0.1, -0.05) is 0 Å². The topological polar surface area (TPSA) is 80.6 Å². The van der Waals surface area contributed by atoms with Gasteiger partial charge >= 0.3 is 0 Å². The Morgan fingerprint density at radius 3 is 2.71 bits per heavy atom. The van der Waals surface area contributed by atoms with E-state index in [-0.39, 0.29) is 5.91 Å². The van der Waals surface area contributed by atoms with Gasteiger partial charge in [0.25, 0.3) is 5.91 Å². The van der Waals surface area contributed by atoms with Crippen LogP contribution in [0.5, 0.6) is 0 Å². The van der Waals surface area contributed by atoms with Crippen molar-refractivity contribution >= 4 is 17.8 Å². The molecule has 0 fully saturated rings. The van der Waals surface area contributed by atoms with Crippen LogP contribution in [0.1, 0.15) is 16.1 Å². The maximum absolute atomic E-state index is 11.6. The lowest BCUT2D eigenvalue weighted by Gasteiger charge is -1.99. The second-order valence-corrected chi connectivity index (χ2v) is 3.34. The van der Waals surface area contributed by atoms with Crippen molar-refractivity contribution in [3.05, 3.63) is 54.0 Å². The molecule has 0 spiro atoms. The first-order valence-electron chi connectivity index (χ1n) is 4.98. The number of carbonyl (C=O) groups is 1. The highest BCUT2D eigenvalue weighted by Gasteiger charge is 2.02. The van der Waals surface area contributed by atoms with Crippen molar-refractivity contribution in [2.45, 2.75) is 0 Å². The molecule has 0 aliphatic carbocycles. The zero-order valence-corrected chi connectivity index (χ0v) is 8.96. The summed E-state index contributed by atoms with van der Waals surface area (Å²) in [6.07, 6.45) is 2.96. The molecule has 0 saturated carbocycles. The van der Waals surface area contributed by atoms with Crippen LogP contribution in [0.3, 0.4) is 0 Å². The van der Waals surface area contributed by atoms with E-state index in [1.54, 1.807) is 36.4 Å². The van der Waals surface area contributed by atoms with Gasteiger partial charge in [0.05, 0.1) is 12.5 Å². The fourth-order valence-corrected chi connectivity index (χ4v) is 1.22. The number of benzene rings is 1. The molecule has 17 heavy (non-hydrogen) atoms. The monoisotopic (exact) mass is 229 g/mol. The van der Waals surface area contributed by atoms with Gasteiger partial charge in [-0.05, 0) is 36.4 Å². The van der Waals surface area contributed by atoms with Gasteiger partial charge in [0, 0.05) is 11.3 Å². The molecular formula is C12H11N3O2. The van der Waals surface area contributed by atoms with Crippen LogP contribution in [0.2, 0.25) is 0 Å². The third-order valence-corrected chi connectivity index (χ3v) is 2.07. The van der Waals surface area contributed by atoms with Crippen LogP contribution in [0, 0.1) is 0 Å². The molecule has 1 amide bonds. The van der Waals surface area contributed by atoms with E-state index in [9.17, 15) is 4.79 Å². The van der Waals surface area contributed by atoms with Crippen LogP contribution >= 0.6 is 0 Å². The number of rotatable bonds is 3. The summed E-state index contributed by atoms with van der Waals surface area (Å²) in [7, 11) is 0. The first kappa shape index (κ1) is 10.9. The Kier molecular flexibility index (Phi) is 3.20. The van der Waals surface area contributed by atoms with E-state index in [1.165, 1.54) is 12.5 Å². The minimum atomic E-state index is -0.298. The third kappa shape index (κ3) is 2.94. The highest BCUT2D eigenvalue weighted by Crippen LogP contribution is 2.05. The molecule has 0 radical (unpaired) electrons. The molecule has 5 nitrogen and oxygen atoms in total. The lowest BCUT2D eigenvalue weighted by molar-refractivity contribution is 0.0955. The Hall–Kier alpha value is -2.56. The van der Waals surface area contributed by atoms with Gasteiger partial charge in [0.2, 0.25) is 0 Å². The molecule has 0 bridgehead atoms. The van der Waals surface area contributed by atoms with E-state index in [2.05, 4.69) is 10.5 Å². The van der Waals surface area contributed by atoms with Crippen molar-refractivity contribution in [1.29, 1.82) is 0 Å². The summed E-state index contributed by atoms with van der Waals surface area (Å²) in [6, 6.07) is 10.1. The SMILES string of the molecule is Nc1ccc(C(=O)N/N=C/c2ccco2)cc1. The van der Waals surface area contributed by atoms with E-state index < -0.39 is 0 Å². The van der Waals surface area contributed by atoms with E-state index in [0.29, 0.717) is 17.0 Å². The number of nitrogens with two attached hydrogens (primary N) is 1. The summed E-state index contributed by atoms with van der Waals surface area (Å²) in [6.45, 7) is 0. The van der Waals surface area contributed by atoms with Crippen LogP contribution in [-0.2, 0) is 0 Å². The van der Waals surface area contributed by atoms with Crippen LogP contribution in [0.4, 0.5) is 5.69 Å². The highest BCUT2D eigenvalue weighted by atomic mass is 16.3. The van der Waals surface area contributed by atoms with Crippen molar-refractivity contribution in [2.75, 3.05) is 5.73 Å². The number of nitrogens with one attached hydrogen (secondary N) is 1. The van der Waals surface area contributed by atoms with Crippen molar-refractivity contribution in [2.24, 2.45) is 5.10 Å². The summed E-state index contributed by atoms with van der Waals surface area (Å²) in [5.74, 6) is 0.274. The largest absolute Gasteiger partial charge is 0.463 e. The summed E-state index contributed by atoms with van der Waals surface area (Å²) < 4.78 is 5.02. The first-order chi connectivity index (χ1) is 8.25. The maximum atomic E-state index is 11.6. The van der Waals surface area contributed by atoms with Gasteiger partial charge < -0.3 is 10.2 Å². The number of furan rings is 1. The Balaban J connectivity index is 1.96. The fourth-order valence-electron chi connectivity index (χ4n) is 1.22. The Morgan fingerprint density at radius 2 is 2.06 bits per heavy atom. The number of hydrazone groups is 1. The van der Waals surface area contributed by atoms with Crippen LogP contribution in [0.25, 0.3) is 0 Å². The molecule has 0 atom stereocenters. The molecule has 5 heteroatoms. The van der Waals surface area contributed by atoms with Crippen molar-refractivity contribution in [3.8, 4) is 0 Å². The van der Waals surface area contributed by atoms with Gasteiger partial charge in [0.15, 0.2) is 0 Å². The molecule has 2 aromatic rings. The number of carbonyl (C=O) groups excluding carboxylic acids is 1. The molecule has 2 rings (SSSR count). The number of hydrogen-bond donors (Lipinski definition) is 2. The fraction of sp³-hybridized carbons (Fsp3) is 0. The van der Waals surface area contributed by atoms with Crippen molar-refractivity contribution in [3.63, 3.8) is 0 Å². The predicted octanol–water partition coefficient (Wildman–Crippen LogP) is 1.63. The molecule has 1 heterocycles. The molecule has 3 N–H and O–H groups in total. The third-order valence-electron chi connectivity index (χ3n) is 2.07. The van der Waals surface area contributed by atoms with Gasteiger partial charge in [-0.3, -0.25) is 4.79 Å². The van der Waals surface area contributed by atoms with Crippen LogP contribution in [-0.4, -0.2) is 12.1 Å². The zero-order chi connectivity index (χ0) is 12.1. The minimum Gasteiger partial charge on any atom is -0.463 e. The first-order valence-corrected chi connectivity index (χ1v) is 4.98.